The Hall–Kier alpha value is 0.390. The van der Waals surface area contributed by atoms with E-state index in [4.69, 9.17) is 0 Å². The van der Waals surface area contributed by atoms with Crippen molar-refractivity contribution in [3.63, 3.8) is 0 Å². The van der Waals surface area contributed by atoms with Gasteiger partial charge in [-0.15, -0.1) is 9.24 Å². The summed E-state index contributed by atoms with van der Waals surface area (Å²) in [6, 6.07) is 0.607. The molecule has 0 aliphatic carbocycles. The van der Waals surface area contributed by atoms with Crippen LogP contribution in [0.4, 0.5) is 0 Å². The maximum absolute atomic E-state index is 3.53. The van der Waals surface area contributed by atoms with Gasteiger partial charge in [0.25, 0.3) is 0 Å². The van der Waals surface area contributed by atoms with Gasteiger partial charge in [-0.1, -0.05) is 48.5 Å². The normalized spacial score (nSPS) is 20.1. The van der Waals surface area contributed by atoms with Crippen LogP contribution in [0.3, 0.4) is 0 Å². The van der Waals surface area contributed by atoms with Crippen LogP contribution in [-0.2, 0) is 0 Å². The summed E-state index contributed by atoms with van der Waals surface area (Å²) in [4.78, 5) is 0. The molecule has 2 heteroatoms. The zero-order valence-corrected chi connectivity index (χ0v) is 14.4. The van der Waals surface area contributed by atoms with Crippen LogP contribution in [-0.4, -0.2) is 17.7 Å². The summed E-state index contributed by atoms with van der Waals surface area (Å²) in [7, 11) is 3.19. The van der Waals surface area contributed by atoms with E-state index in [1.165, 1.54) is 6.42 Å². The molecule has 0 bridgehead atoms. The second kappa shape index (κ2) is 6.53. The topological polar surface area (TPSA) is 12.0 Å². The van der Waals surface area contributed by atoms with E-state index in [-0.39, 0.29) is 0 Å². The second-order valence-electron chi connectivity index (χ2n) is 6.93. The Labute approximate surface area is 112 Å². The fourth-order valence-electron chi connectivity index (χ4n) is 3.33. The molecule has 0 spiro atoms. The van der Waals surface area contributed by atoms with Crippen LogP contribution >= 0.6 is 9.24 Å². The highest BCUT2D eigenvalue weighted by molar-refractivity contribution is 7.19. The molecule has 17 heavy (non-hydrogen) atoms. The molecule has 4 atom stereocenters. The maximum Gasteiger partial charge on any atom is 0.00414 e. The largest absolute Gasteiger partial charge is 0.315 e. The lowest BCUT2D eigenvalue weighted by molar-refractivity contribution is 0.141. The smallest absolute Gasteiger partial charge is 0.00414 e. The van der Waals surface area contributed by atoms with Crippen LogP contribution in [0.25, 0.3) is 0 Å². The first-order chi connectivity index (χ1) is 7.57. The molecule has 0 saturated heterocycles. The van der Waals surface area contributed by atoms with Gasteiger partial charge >= 0.3 is 0 Å². The zero-order valence-electron chi connectivity index (χ0n) is 13.2. The minimum absolute atomic E-state index is 0.302. The minimum atomic E-state index is 0.302. The van der Waals surface area contributed by atoms with Gasteiger partial charge in [0, 0.05) is 6.04 Å². The lowest BCUT2D eigenvalue weighted by Gasteiger charge is -2.50. The third-order valence-corrected chi connectivity index (χ3v) is 6.43. The molecule has 0 amide bonds. The highest BCUT2D eigenvalue weighted by Crippen LogP contribution is 2.50. The summed E-state index contributed by atoms with van der Waals surface area (Å²) in [6.07, 6.45) is 1.24. The first-order valence-corrected chi connectivity index (χ1v) is 7.67. The Morgan fingerprint density at radius 3 is 1.82 bits per heavy atom. The Kier molecular flexibility index (Phi) is 6.68. The van der Waals surface area contributed by atoms with Crippen molar-refractivity contribution in [2.75, 3.05) is 6.54 Å². The monoisotopic (exact) mass is 259 g/mol. The first-order valence-electron chi connectivity index (χ1n) is 7.09. The Balaban J connectivity index is 4.85. The van der Waals surface area contributed by atoms with Gasteiger partial charge in [0.05, 0.1) is 0 Å². The van der Waals surface area contributed by atoms with Gasteiger partial charge in [-0.3, -0.25) is 0 Å². The summed E-state index contributed by atoms with van der Waals surface area (Å²) in [6.45, 7) is 19.8. The molecule has 0 aliphatic rings. The van der Waals surface area contributed by atoms with E-state index in [0.29, 0.717) is 28.4 Å². The molecule has 1 nitrogen and oxygen atoms in total. The van der Waals surface area contributed by atoms with Crippen molar-refractivity contribution in [1.82, 2.24) is 5.32 Å². The average Bonchev–Trinajstić information content (AvgIpc) is 2.14. The van der Waals surface area contributed by atoms with Gasteiger partial charge in [-0.25, -0.2) is 0 Å². The molecule has 0 radical (unpaired) electrons. The Morgan fingerprint density at radius 2 is 1.53 bits per heavy atom. The number of rotatable bonds is 6. The summed E-state index contributed by atoms with van der Waals surface area (Å²) >= 11 is 0. The van der Waals surface area contributed by atoms with Crippen molar-refractivity contribution in [3.8, 4) is 0 Å². The third kappa shape index (κ3) is 4.21. The summed E-state index contributed by atoms with van der Waals surface area (Å²) in [5.41, 5.74) is 0.317. The lowest BCUT2D eigenvalue weighted by atomic mass is 9.65. The molecule has 0 aromatic heterocycles. The maximum atomic E-state index is 3.53. The minimum Gasteiger partial charge on any atom is -0.315 e. The van der Waals surface area contributed by atoms with Crippen LogP contribution in [0.1, 0.15) is 61.8 Å². The summed E-state index contributed by atoms with van der Waals surface area (Å²) in [5.74, 6) is 1.37. The predicted octanol–water partition coefficient (Wildman–Crippen LogP) is 4.33. The molecule has 4 unspecified atom stereocenters. The fourth-order valence-corrected chi connectivity index (χ4v) is 3.47. The van der Waals surface area contributed by atoms with E-state index in [0.717, 1.165) is 6.54 Å². The number of nitrogens with one attached hydrogen (secondary N) is 1. The van der Waals surface area contributed by atoms with Crippen molar-refractivity contribution in [2.24, 2.45) is 17.3 Å². The Bertz CT molecular complexity index is 219. The molecule has 0 fully saturated rings. The van der Waals surface area contributed by atoms with Crippen molar-refractivity contribution in [3.05, 3.63) is 0 Å². The fraction of sp³-hybridized carbons (Fsp3) is 1.00. The average molecular weight is 259 g/mol. The van der Waals surface area contributed by atoms with E-state index in [9.17, 15) is 0 Å². The van der Waals surface area contributed by atoms with E-state index >= 15 is 0 Å². The highest BCUT2D eigenvalue weighted by Gasteiger charge is 2.44. The second-order valence-corrected chi connectivity index (χ2v) is 7.89. The quantitative estimate of drug-likeness (QED) is 0.700. The summed E-state index contributed by atoms with van der Waals surface area (Å²) < 4.78 is 0. The zero-order chi connectivity index (χ0) is 13.9. The van der Waals surface area contributed by atoms with E-state index < -0.39 is 0 Å². The molecule has 104 valence electrons. The van der Waals surface area contributed by atoms with Gasteiger partial charge in [0.15, 0.2) is 0 Å². The van der Waals surface area contributed by atoms with Crippen molar-refractivity contribution in [1.29, 1.82) is 0 Å². The Morgan fingerprint density at radius 1 is 1.06 bits per heavy atom. The van der Waals surface area contributed by atoms with Gasteiger partial charge in [-0.2, -0.15) is 0 Å². The van der Waals surface area contributed by atoms with Crippen LogP contribution in [0.15, 0.2) is 0 Å². The van der Waals surface area contributed by atoms with E-state index in [1.54, 1.807) is 0 Å². The molecular weight excluding hydrogens is 225 g/mol. The molecule has 0 aromatic carbocycles. The summed E-state index contributed by atoms with van der Waals surface area (Å²) in [5, 5.41) is 3.83. The van der Waals surface area contributed by atoms with Gasteiger partial charge in [0.1, 0.15) is 0 Å². The van der Waals surface area contributed by atoms with Crippen molar-refractivity contribution < 1.29 is 0 Å². The molecule has 0 rings (SSSR count). The lowest BCUT2D eigenvalue weighted by Crippen LogP contribution is -2.48. The number of hydrogen-bond donors (Lipinski definition) is 1. The molecule has 0 aromatic rings. The van der Waals surface area contributed by atoms with E-state index in [1.807, 2.05) is 0 Å². The van der Waals surface area contributed by atoms with Crippen LogP contribution in [0.2, 0.25) is 0 Å². The molecule has 0 saturated carbocycles. The predicted molar refractivity (Wildman–Crippen MR) is 83.7 cm³/mol. The van der Waals surface area contributed by atoms with E-state index in [2.05, 4.69) is 69.9 Å². The van der Waals surface area contributed by atoms with Crippen molar-refractivity contribution in [2.45, 2.75) is 73.0 Å². The van der Waals surface area contributed by atoms with Crippen molar-refractivity contribution >= 4 is 9.24 Å². The molecule has 0 aliphatic heterocycles. The standard InChI is InChI=1S/C15H34NP/c1-9-16-13(5)10-12(4)15(17,11(2)3)14(6,7)8/h11-13,16H,9-10,17H2,1-8H3. The highest BCUT2D eigenvalue weighted by atomic mass is 31.0. The number of hydrogen-bond acceptors (Lipinski definition) is 1. The van der Waals surface area contributed by atoms with Crippen LogP contribution in [0.5, 0.6) is 0 Å². The SMILES string of the molecule is CCNC(C)CC(C)C(P)(C(C)C)C(C)(C)C. The van der Waals surface area contributed by atoms with Gasteiger partial charge in [-0.05, 0) is 42.3 Å². The first kappa shape index (κ1) is 17.4. The molecule has 0 heterocycles. The van der Waals surface area contributed by atoms with Gasteiger partial charge in [0.2, 0.25) is 0 Å². The van der Waals surface area contributed by atoms with Crippen LogP contribution in [0, 0.1) is 17.3 Å². The van der Waals surface area contributed by atoms with Crippen LogP contribution < -0.4 is 5.32 Å². The molecular formula is C15H34NP. The van der Waals surface area contributed by atoms with Gasteiger partial charge < -0.3 is 5.32 Å². The third-order valence-electron chi connectivity index (χ3n) is 4.33. The molecule has 1 N–H and O–H groups in total.